The number of hydrogen-bond donors (Lipinski definition) is 1. The second kappa shape index (κ2) is 15.2. The summed E-state index contributed by atoms with van der Waals surface area (Å²) < 4.78 is 11.4. The predicted molar refractivity (Wildman–Crippen MR) is 177 cm³/mol. The van der Waals surface area contributed by atoms with Crippen molar-refractivity contribution in [1.82, 2.24) is 14.9 Å². The molecule has 2 amide bonds. The van der Waals surface area contributed by atoms with Crippen molar-refractivity contribution in [3.05, 3.63) is 58.4 Å². The van der Waals surface area contributed by atoms with Gasteiger partial charge in [-0.25, -0.2) is 14.6 Å². The fourth-order valence-electron chi connectivity index (χ4n) is 5.01. The van der Waals surface area contributed by atoms with Crippen LogP contribution in [0.25, 0.3) is 0 Å². The highest BCUT2D eigenvalue weighted by molar-refractivity contribution is 7.12. The molecule has 1 fully saturated rings. The fourth-order valence-corrected chi connectivity index (χ4v) is 5.68. The number of carbonyl (C=O) groups excluding carboxylic acids is 3. The van der Waals surface area contributed by atoms with E-state index in [1.165, 1.54) is 11.3 Å². The van der Waals surface area contributed by atoms with Crippen LogP contribution in [0.4, 0.5) is 22.2 Å². The van der Waals surface area contributed by atoms with Crippen LogP contribution >= 0.6 is 11.3 Å². The number of nitrogens with zero attached hydrogens (tertiary/aromatic N) is 5. The second-order valence-electron chi connectivity index (χ2n) is 11.7. The third-order valence-corrected chi connectivity index (χ3v) is 8.18. The summed E-state index contributed by atoms with van der Waals surface area (Å²) >= 11 is 1.36. The first kappa shape index (κ1) is 33.7. The molecule has 0 saturated carbocycles. The molecule has 1 aliphatic rings. The molecule has 1 aliphatic heterocycles. The number of benzene rings is 1. The predicted octanol–water partition coefficient (Wildman–Crippen LogP) is 6.01. The van der Waals surface area contributed by atoms with Crippen molar-refractivity contribution in [2.24, 2.45) is 0 Å². The number of likely N-dealkylation sites (tertiary alicyclic amines) is 1. The van der Waals surface area contributed by atoms with Gasteiger partial charge in [-0.05, 0) is 83.5 Å². The Bertz CT molecular complexity index is 1430. The van der Waals surface area contributed by atoms with Gasteiger partial charge in [0.2, 0.25) is 5.95 Å². The number of carbonyl (C=O) groups is 3. The Morgan fingerprint density at radius 3 is 2.29 bits per heavy atom. The van der Waals surface area contributed by atoms with Crippen LogP contribution < -0.4 is 19.9 Å². The van der Waals surface area contributed by atoms with Gasteiger partial charge < -0.3 is 29.5 Å². The minimum absolute atomic E-state index is 0.178. The highest BCUT2D eigenvalue weighted by atomic mass is 32.1. The van der Waals surface area contributed by atoms with Gasteiger partial charge in [-0.15, -0.1) is 11.3 Å². The number of esters is 1. The fraction of sp³-hybridized carbons (Fsp3) is 0.485. The second-order valence-corrected chi connectivity index (χ2v) is 12.7. The van der Waals surface area contributed by atoms with Crippen molar-refractivity contribution in [3.8, 4) is 5.75 Å². The summed E-state index contributed by atoms with van der Waals surface area (Å²) in [6.07, 6.45) is 3.50. The Morgan fingerprint density at radius 2 is 1.71 bits per heavy atom. The lowest BCUT2D eigenvalue weighted by Crippen LogP contribution is -2.39. The van der Waals surface area contributed by atoms with Crippen LogP contribution in [0.3, 0.4) is 0 Å². The highest BCUT2D eigenvalue weighted by Crippen LogP contribution is 2.29. The number of rotatable bonds is 12. The molecule has 1 N–H and O–H groups in total. The molecule has 1 atom stereocenters. The van der Waals surface area contributed by atoms with Gasteiger partial charge in [0.15, 0.2) is 5.82 Å². The maximum atomic E-state index is 13.6. The first-order valence-electron chi connectivity index (χ1n) is 15.5. The van der Waals surface area contributed by atoms with Crippen LogP contribution in [0, 0.1) is 0 Å². The van der Waals surface area contributed by atoms with E-state index >= 15 is 0 Å². The van der Waals surface area contributed by atoms with E-state index in [2.05, 4.69) is 10.3 Å². The summed E-state index contributed by atoms with van der Waals surface area (Å²) in [6, 6.07) is 9.87. The summed E-state index contributed by atoms with van der Waals surface area (Å²) in [4.78, 5) is 54.9. The third-order valence-electron chi connectivity index (χ3n) is 7.32. The molecular weight excluding hydrogens is 592 g/mol. The van der Waals surface area contributed by atoms with Gasteiger partial charge in [-0.1, -0.05) is 18.2 Å². The maximum absolute atomic E-state index is 13.6. The molecule has 0 bridgehead atoms. The summed E-state index contributed by atoms with van der Waals surface area (Å²) in [6.45, 7) is 14.5. The molecule has 0 spiro atoms. The smallest absolute Gasteiger partial charge is 0.415 e. The molecule has 3 heterocycles. The number of hydrogen-bond acceptors (Lipinski definition) is 10. The molecule has 4 rings (SSSR count). The largest absolute Gasteiger partial charge is 0.458 e. The van der Waals surface area contributed by atoms with E-state index in [0.717, 1.165) is 18.4 Å². The van der Waals surface area contributed by atoms with Crippen LogP contribution in [-0.4, -0.2) is 77.2 Å². The van der Waals surface area contributed by atoms with Crippen molar-refractivity contribution in [3.63, 3.8) is 0 Å². The molecule has 1 saturated heterocycles. The average Bonchev–Trinajstić information content (AvgIpc) is 3.74. The Morgan fingerprint density at radius 1 is 1.02 bits per heavy atom. The van der Waals surface area contributed by atoms with Crippen LogP contribution in [0.1, 0.15) is 69.6 Å². The lowest BCUT2D eigenvalue weighted by atomic mass is 10.0. The number of aromatic nitrogens is 2. The lowest BCUT2D eigenvalue weighted by Gasteiger charge is -2.28. The Labute approximate surface area is 269 Å². The Kier molecular flexibility index (Phi) is 11.4. The van der Waals surface area contributed by atoms with Gasteiger partial charge in [0, 0.05) is 39.1 Å². The van der Waals surface area contributed by atoms with Gasteiger partial charge in [-0.2, -0.15) is 4.98 Å². The minimum Gasteiger partial charge on any atom is -0.458 e. The minimum atomic E-state index is -0.851. The zero-order valence-electron chi connectivity index (χ0n) is 27.0. The first-order chi connectivity index (χ1) is 21.5. The van der Waals surface area contributed by atoms with E-state index in [9.17, 15) is 14.4 Å². The number of nitrogens with one attached hydrogen (secondary N) is 1. The first-order valence-corrected chi connectivity index (χ1v) is 16.4. The molecule has 11 nitrogen and oxygen atoms in total. The van der Waals surface area contributed by atoms with E-state index in [-0.39, 0.29) is 18.4 Å². The van der Waals surface area contributed by atoms with Gasteiger partial charge in [0.05, 0.1) is 11.1 Å². The van der Waals surface area contributed by atoms with Crippen molar-refractivity contribution < 1.29 is 23.9 Å². The van der Waals surface area contributed by atoms with E-state index in [1.807, 2.05) is 70.0 Å². The van der Waals surface area contributed by atoms with Crippen LogP contribution in [0.2, 0.25) is 0 Å². The van der Waals surface area contributed by atoms with Crippen molar-refractivity contribution >= 4 is 46.8 Å². The van der Waals surface area contributed by atoms with Crippen molar-refractivity contribution in [1.29, 1.82) is 0 Å². The molecule has 45 heavy (non-hydrogen) atoms. The summed E-state index contributed by atoms with van der Waals surface area (Å²) in [5.41, 5.74) is 0.557. The monoisotopic (exact) mass is 636 g/mol. The molecule has 0 unspecified atom stereocenters. The number of thiophene rings is 1. The zero-order valence-corrected chi connectivity index (χ0v) is 27.9. The van der Waals surface area contributed by atoms with Crippen LogP contribution in [-0.2, 0) is 16.0 Å². The Hall–Kier alpha value is -4.19. The molecule has 1 aromatic carbocycles. The normalized spacial score (nSPS) is 13.7. The van der Waals surface area contributed by atoms with Gasteiger partial charge in [0.25, 0.3) is 5.91 Å². The van der Waals surface area contributed by atoms with Crippen molar-refractivity contribution in [2.75, 3.05) is 47.8 Å². The summed E-state index contributed by atoms with van der Waals surface area (Å²) in [7, 11) is 0. The molecule has 0 radical (unpaired) electrons. The summed E-state index contributed by atoms with van der Waals surface area (Å²) in [5, 5.41) is 5.18. The molecule has 12 heteroatoms. The number of ether oxygens (including phenoxy) is 2. The van der Waals surface area contributed by atoms with Crippen molar-refractivity contribution in [2.45, 2.75) is 72.4 Å². The van der Waals surface area contributed by atoms with Crippen LogP contribution in [0.5, 0.6) is 5.75 Å². The topological polar surface area (TPSA) is 117 Å². The molecule has 2 aromatic heterocycles. The van der Waals surface area contributed by atoms with Crippen LogP contribution in [0.15, 0.2) is 48.0 Å². The molecule has 242 valence electrons. The van der Waals surface area contributed by atoms with Gasteiger partial charge >= 0.3 is 12.1 Å². The lowest BCUT2D eigenvalue weighted by molar-refractivity contribution is -0.155. The Balaban J connectivity index is 1.66. The molecule has 3 aromatic rings. The van der Waals surface area contributed by atoms with Gasteiger partial charge in [0.1, 0.15) is 23.1 Å². The standard InChI is InChI=1S/C33H44N6O5S/c1-7-37(8-2)31-34-22-26(39(9-3)29(40)27-13-12-20-45-27)28(36-31)35-25(30(41)44-33(4,5)6)21-23-14-16-24(17-15-23)43-32(42)38-18-10-11-19-38/h12-17,20,22,25H,7-11,18-19,21H2,1-6H3,(H,34,35,36)/t25-/m0/s1. The van der Waals surface area contributed by atoms with E-state index < -0.39 is 17.6 Å². The summed E-state index contributed by atoms with van der Waals surface area (Å²) in [5.74, 6) is 0.630. The highest BCUT2D eigenvalue weighted by Gasteiger charge is 2.30. The van der Waals surface area contributed by atoms with Gasteiger partial charge in [-0.3, -0.25) is 4.79 Å². The number of anilines is 3. The van der Waals surface area contributed by atoms with E-state index in [4.69, 9.17) is 14.5 Å². The maximum Gasteiger partial charge on any atom is 0.415 e. The van der Waals surface area contributed by atoms with E-state index in [0.29, 0.717) is 60.8 Å². The molecular formula is C33H44N6O5S. The zero-order chi connectivity index (χ0) is 32.6. The third kappa shape index (κ3) is 8.93. The SMILES string of the molecule is CCN(CC)c1ncc(N(CC)C(=O)c2cccs2)c(N[C@@H](Cc2ccc(OC(=O)N3CCCC3)cc2)C(=O)OC(C)(C)C)n1. The molecule has 0 aliphatic carbocycles. The van der Waals surface area contributed by atoms with E-state index in [1.54, 1.807) is 34.2 Å². The average molecular weight is 637 g/mol. The quantitative estimate of drug-likeness (QED) is 0.239. The number of amides is 2.